The zero-order valence-corrected chi connectivity index (χ0v) is 19.6. The molecule has 0 bridgehead atoms. The minimum atomic E-state index is -1.27. The van der Waals surface area contributed by atoms with E-state index >= 15 is 0 Å². The summed E-state index contributed by atoms with van der Waals surface area (Å²) < 4.78 is 16.8. The van der Waals surface area contributed by atoms with Gasteiger partial charge in [-0.25, -0.2) is 14.6 Å². The third-order valence-corrected chi connectivity index (χ3v) is 4.46. The van der Waals surface area contributed by atoms with Crippen LogP contribution >= 0.6 is 0 Å². The topological polar surface area (TPSA) is 173 Å². The molecule has 0 aliphatic heterocycles. The van der Waals surface area contributed by atoms with Crippen LogP contribution in [0.1, 0.15) is 39.0 Å². The van der Waals surface area contributed by atoms with Crippen LogP contribution in [0.5, 0.6) is 11.5 Å². The molecule has 0 unspecified atom stereocenters. The van der Waals surface area contributed by atoms with Crippen LogP contribution in [0.4, 0.5) is 0 Å². The average Bonchev–Trinajstić information content (AvgIpc) is 3.33. The number of hydrogen-bond acceptors (Lipinski definition) is 9. The van der Waals surface area contributed by atoms with Crippen LogP contribution in [0.3, 0.4) is 0 Å². The summed E-state index contributed by atoms with van der Waals surface area (Å²) in [6.45, 7) is 3.12. The molecule has 0 saturated heterocycles. The highest BCUT2D eigenvalue weighted by molar-refractivity contribution is 5.99. The molecule has 2 aromatic carbocycles. The van der Waals surface area contributed by atoms with E-state index in [0.717, 1.165) is 5.75 Å². The van der Waals surface area contributed by atoms with Crippen molar-refractivity contribution in [1.82, 2.24) is 9.55 Å². The van der Waals surface area contributed by atoms with Crippen LogP contribution in [0.2, 0.25) is 0 Å². The zero-order chi connectivity index (χ0) is 26.3. The second-order valence-electron chi connectivity index (χ2n) is 6.92. The summed E-state index contributed by atoms with van der Waals surface area (Å²) >= 11 is 0. The lowest BCUT2D eigenvalue weighted by atomic mass is 10.2. The molecule has 36 heavy (non-hydrogen) atoms. The molecule has 0 radical (unpaired) electrons. The van der Waals surface area contributed by atoms with Crippen LogP contribution in [0.25, 0.3) is 0 Å². The quantitative estimate of drug-likeness (QED) is 0.401. The molecule has 0 fully saturated rings. The van der Waals surface area contributed by atoms with E-state index in [-0.39, 0.29) is 31.1 Å². The highest BCUT2D eigenvalue weighted by Gasteiger charge is 2.24. The second-order valence-corrected chi connectivity index (χ2v) is 6.92. The number of carboxylic acid groups (broad SMARTS) is 1. The molecule has 0 aliphatic rings. The van der Waals surface area contributed by atoms with Crippen LogP contribution < -0.4 is 15.2 Å². The van der Waals surface area contributed by atoms with Crippen LogP contribution in [-0.2, 0) is 11.3 Å². The van der Waals surface area contributed by atoms with E-state index in [9.17, 15) is 14.7 Å². The first-order valence-corrected chi connectivity index (χ1v) is 10.8. The number of aromatic nitrogens is 2. The number of nitriles is 2. The number of aromatic carboxylic acids is 1. The minimum Gasteiger partial charge on any atom is -0.492 e. The number of carboxylic acids is 1. The molecule has 186 valence electrons. The number of rotatable bonds is 10. The Morgan fingerprint density at radius 1 is 0.972 bits per heavy atom. The lowest BCUT2D eigenvalue weighted by molar-refractivity contribution is 0.0506. The van der Waals surface area contributed by atoms with Gasteiger partial charge in [0.05, 0.1) is 42.7 Å². The number of carbonyl (C=O) groups is 2. The van der Waals surface area contributed by atoms with Gasteiger partial charge in [-0.05, 0) is 55.5 Å². The van der Waals surface area contributed by atoms with E-state index in [1.807, 2.05) is 12.1 Å². The van der Waals surface area contributed by atoms with Gasteiger partial charge in [0.15, 0.2) is 11.4 Å². The normalized spacial score (nSPS) is 9.67. The lowest BCUT2D eigenvalue weighted by Crippen LogP contribution is -2.17. The summed E-state index contributed by atoms with van der Waals surface area (Å²) in [6.07, 6.45) is 1.26. The molecule has 0 saturated carbocycles. The van der Waals surface area contributed by atoms with Crippen molar-refractivity contribution in [2.75, 3.05) is 26.4 Å². The standard InChI is InChI=1S/C16H15N3O5.C9H10N2O/c1-2-23-16(22)13-14(15(20)21)19(10-18-13)7-8-24-12-5-3-11(9-17)4-6-12;10-5-6-12-9-3-1-8(7-11)2-4-9/h3-6,10H,2,7-8H2,1H3,(H,20,21);1-4H,5-6,10H2. The number of carbonyl (C=O) groups excluding carboxylic acids is 1. The number of esters is 1. The third kappa shape index (κ3) is 8.17. The SMILES string of the molecule is CCOC(=O)c1ncn(CCOc2ccc(C#N)cc2)c1C(=O)O.N#Cc1ccc(OCCN)cc1. The van der Waals surface area contributed by atoms with E-state index < -0.39 is 11.9 Å². The van der Waals surface area contributed by atoms with Crippen LogP contribution in [0, 0.1) is 22.7 Å². The Kier molecular flexibility index (Phi) is 11.0. The molecule has 0 spiro atoms. The van der Waals surface area contributed by atoms with Crippen molar-refractivity contribution >= 4 is 11.9 Å². The molecule has 0 atom stereocenters. The molecule has 3 N–H and O–H groups in total. The van der Waals surface area contributed by atoms with Crippen molar-refractivity contribution in [3.63, 3.8) is 0 Å². The summed E-state index contributed by atoms with van der Waals surface area (Å²) in [7, 11) is 0. The first-order chi connectivity index (χ1) is 17.4. The maximum atomic E-state index is 11.7. The predicted molar refractivity (Wildman–Crippen MR) is 128 cm³/mol. The maximum Gasteiger partial charge on any atom is 0.359 e. The van der Waals surface area contributed by atoms with E-state index in [1.54, 1.807) is 55.5 Å². The molecular weight excluding hydrogens is 466 g/mol. The predicted octanol–water partition coefficient (Wildman–Crippen LogP) is 2.60. The highest BCUT2D eigenvalue weighted by Crippen LogP contribution is 2.13. The molecule has 0 aliphatic carbocycles. The van der Waals surface area contributed by atoms with E-state index in [4.69, 9.17) is 30.5 Å². The molecule has 11 nitrogen and oxygen atoms in total. The maximum absolute atomic E-state index is 11.7. The average molecular weight is 492 g/mol. The third-order valence-electron chi connectivity index (χ3n) is 4.46. The number of imidazole rings is 1. The fourth-order valence-electron chi connectivity index (χ4n) is 2.81. The molecule has 3 aromatic rings. The highest BCUT2D eigenvalue weighted by atomic mass is 16.5. The van der Waals surface area contributed by atoms with Gasteiger partial charge in [-0.3, -0.25) is 0 Å². The summed E-state index contributed by atoms with van der Waals surface area (Å²) in [5, 5.41) is 26.5. The smallest absolute Gasteiger partial charge is 0.359 e. The Balaban J connectivity index is 0.000000319. The largest absolute Gasteiger partial charge is 0.492 e. The molecule has 11 heteroatoms. The van der Waals surface area contributed by atoms with Gasteiger partial charge in [0.2, 0.25) is 0 Å². The number of nitrogens with zero attached hydrogens (tertiary/aromatic N) is 4. The van der Waals surface area contributed by atoms with Crippen molar-refractivity contribution in [2.45, 2.75) is 13.5 Å². The van der Waals surface area contributed by atoms with Crippen molar-refractivity contribution in [3.8, 4) is 23.6 Å². The van der Waals surface area contributed by atoms with Gasteiger partial charge in [0, 0.05) is 6.54 Å². The summed E-state index contributed by atoms with van der Waals surface area (Å²) in [4.78, 5) is 26.9. The molecule has 3 rings (SSSR count). The molecule has 0 amide bonds. The first kappa shape index (κ1) is 27.4. The van der Waals surface area contributed by atoms with Crippen LogP contribution in [0.15, 0.2) is 54.9 Å². The fraction of sp³-hybridized carbons (Fsp3) is 0.240. The van der Waals surface area contributed by atoms with E-state index in [1.165, 1.54) is 10.9 Å². The summed E-state index contributed by atoms with van der Waals surface area (Å²) in [5.41, 5.74) is 5.93. The van der Waals surface area contributed by atoms with Gasteiger partial charge in [-0.2, -0.15) is 10.5 Å². The van der Waals surface area contributed by atoms with E-state index in [2.05, 4.69) is 4.98 Å². The van der Waals surface area contributed by atoms with Crippen molar-refractivity contribution in [2.24, 2.45) is 5.73 Å². The van der Waals surface area contributed by atoms with Crippen molar-refractivity contribution in [1.29, 1.82) is 10.5 Å². The second kappa shape index (κ2) is 14.4. The van der Waals surface area contributed by atoms with Gasteiger partial charge < -0.3 is 29.6 Å². The summed E-state index contributed by atoms with van der Waals surface area (Å²) in [5.74, 6) is -0.744. The van der Waals surface area contributed by atoms with Gasteiger partial charge in [-0.15, -0.1) is 0 Å². The Bertz CT molecular complexity index is 1220. The first-order valence-electron chi connectivity index (χ1n) is 10.8. The zero-order valence-electron chi connectivity index (χ0n) is 19.6. The monoisotopic (exact) mass is 491 g/mol. The Morgan fingerprint density at radius 3 is 1.94 bits per heavy atom. The van der Waals surface area contributed by atoms with Crippen molar-refractivity contribution < 1.29 is 28.9 Å². The fourth-order valence-corrected chi connectivity index (χ4v) is 2.81. The number of hydrogen-bond donors (Lipinski definition) is 2. The Labute approximate surface area is 207 Å². The van der Waals surface area contributed by atoms with Crippen molar-refractivity contribution in [3.05, 3.63) is 77.4 Å². The number of ether oxygens (including phenoxy) is 3. The lowest BCUT2D eigenvalue weighted by Gasteiger charge is -2.08. The van der Waals surface area contributed by atoms with Gasteiger partial charge in [0.1, 0.15) is 24.7 Å². The molecule has 1 aromatic heterocycles. The van der Waals surface area contributed by atoms with Gasteiger partial charge in [0.25, 0.3) is 0 Å². The van der Waals surface area contributed by atoms with Crippen LogP contribution in [-0.4, -0.2) is 53.0 Å². The molecule has 1 heterocycles. The number of nitrogens with two attached hydrogens (primary N) is 1. The summed E-state index contributed by atoms with van der Waals surface area (Å²) in [6, 6.07) is 17.5. The van der Waals surface area contributed by atoms with Gasteiger partial charge >= 0.3 is 11.9 Å². The van der Waals surface area contributed by atoms with E-state index in [0.29, 0.717) is 30.0 Å². The Hall–Kier alpha value is -4.87. The Morgan fingerprint density at radius 2 is 1.50 bits per heavy atom. The molecular formula is C25H25N5O6. The minimum absolute atomic E-state index is 0.132. The van der Waals surface area contributed by atoms with Gasteiger partial charge in [-0.1, -0.05) is 0 Å². The number of benzene rings is 2.